The number of ketones is 1. The van der Waals surface area contributed by atoms with Crippen molar-refractivity contribution in [3.05, 3.63) is 108 Å². The molecule has 1 saturated heterocycles. The van der Waals surface area contributed by atoms with Gasteiger partial charge in [0, 0.05) is 17.5 Å². The van der Waals surface area contributed by atoms with Crippen LogP contribution in [-0.2, 0) is 9.53 Å². The smallest absolute Gasteiger partial charge is 0.323 e. The Morgan fingerprint density at radius 2 is 1.33 bits per heavy atom. The molecule has 0 bridgehead atoms. The molecule has 1 heterocycles. The Morgan fingerprint density at radius 1 is 0.800 bits per heavy atom. The predicted octanol–water partition coefficient (Wildman–Crippen LogP) is 4.55. The summed E-state index contributed by atoms with van der Waals surface area (Å²) < 4.78 is 5.38. The van der Waals surface area contributed by atoms with E-state index in [1.165, 1.54) is 0 Å². The van der Waals surface area contributed by atoms with Gasteiger partial charge >= 0.3 is 5.97 Å². The minimum Gasteiger partial charge on any atom is -0.465 e. The van der Waals surface area contributed by atoms with E-state index in [-0.39, 0.29) is 23.7 Å². The number of carbonyl (C=O) groups excluding carboxylic acids is 2. The minimum atomic E-state index is -0.602. The molecule has 152 valence electrons. The summed E-state index contributed by atoms with van der Waals surface area (Å²) >= 11 is 0. The molecule has 1 aliphatic heterocycles. The third-order valence-electron chi connectivity index (χ3n) is 5.71. The van der Waals surface area contributed by atoms with Gasteiger partial charge in [0.15, 0.2) is 5.78 Å². The quantitative estimate of drug-likeness (QED) is 0.488. The monoisotopic (exact) mass is 399 g/mol. The molecular formula is C26H25NO3. The van der Waals surface area contributed by atoms with Crippen LogP contribution in [0.15, 0.2) is 91.0 Å². The number of hydrogen-bond donors (Lipinski definition) is 1. The summed E-state index contributed by atoms with van der Waals surface area (Å²) in [6, 6.07) is 28.1. The van der Waals surface area contributed by atoms with Gasteiger partial charge in [-0.05, 0) is 18.1 Å². The van der Waals surface area contributed by atoms with E-state index in [1.54, 1.807) is 6.92 Å². The Morgan fingerprint density at radius 3 is 1.90 bits per heavy atom. The van der Waals surface area contributed by atoms with Crippen LogP contribution in [0.4, 0.5) is 0 Å². The molecule has 0 spiro atoms. The number of benzene rings is 3. The largest absolute Gasteiger partial charge is 0.465 e. The molecule has 1 fully saturated rings. The number of rotatable bonds is 6. The van der Waals surface area contributed by atoms with Gasteiger partial charge in [-0.2, -0.15) is 0 Å². The molecule has 0 aromatic heterocycles. The van der Waals surface area contributed by atoms with Crippen LogP contribution in [0.3, 0.4) is 0 Å². The minimum absolute atomic E-state index is 0.0256. The molecule has 4 atom stereocenters. The molecule has 0 radical (unpaired) electrons. The molecule has 0 amide bonds. The lowest BCUT2D eigenvalue weighted by Crippen LogP contribution is -2.37. The summed E-state index contributed by atoms with van der Waals surface area (Å²) in [6.45, 7) is 2.09. The SMILES string of the molecule is CCOC(=O)[C@@H]1N[C@H](c2ccccc2)[C@H](C(=O)c2ccccc2)[C@H]1c1ccccc1. The zero-order valence-corrected chi connectivity index (χ0v) is 16.9. The zero-order chi connectivity index (χ0) is 20.9. The standard InChI is InChI=1S/C26H25NO3/c1-2-30-26(29)24-21(18-12-6-3-7-13-18)22(25(28)20-16-10-5-11-17-20)23(27-24)19-14-8-4-9-15-19/h3-17,21-24,27H,2H2,1H3/t21-,22-,23-,24-/m1/s1. The third kappa shape index (κ3) is 3.91. The Balaban J connectivity index is 1.84. The Kier molecular flexibility index (Phi) is 6.05. The van der Waals surface area contributed by atoms with Crippen molar-refractivity contribution in [3.8, 4) is 0 Å². The highest BCUT2D eigenvalue weighted by molar-refractivity contribution is 6.00. The van der Waals surface area contributed by atoms with Gasteiger partial charge in [0.2, 0.25) is 0 Å². The first-order valence-corrected chi connectivity index (χ1v) is 10.3. The average Bonchev–Trinajstić information content (AvgIpc) is 3.21. The lowest BCUT2D eigenvalue weighted by molar-refractivity contribution is -0.145. The van der Waals surface area contributed by atoms with Crippen LogP contribution in [0.5, 0.6) is 0 Å². The van der Waals surface area contributed by atoms with E-state index in [0.29, 0.717) is 12.2 Å². The summed E-state index contributed by atoms with van der Waals surface area (Å²) in [7, 11) is 0. The number of nitrogens with one attached hydrogen (secondary N) is 1. The molecule has 0 unspecified atom stereocenters. The van der Waals surface area contributed by atoms with Crippen molar-refractivity contribution in [2.45, 2.75) is 24.9 Å². The van der Waals surface area contributed by atoms with Crippen LogP contribution in [0, 0.1) is 5.92 Å². The average molecular weight is 399 g/mol. The van der Waals surface area contributed by atoms with Gasteiger partial charge in [-0.15, -0.1) is 0 Å². The number of carbonyl (C=O) groups is 2. The van der Waals surface area contributed by atoms with Gasteiger partial charge in [0.1, 0.15) is 6.04 Å². The van der Waals surface area contributed by atoms with Crippen molar-refractivity contribution in [2.75, 3.05) is 6.61 Å². The number of ether oxygens (including phenoxy) is 1. The Bertz CT molecular complexity index is 989. The lowest BCUT2D eigenvalue weighted by Gasteiger charge is -2.25. The van der Waals surface area contributed by atoms with Gasteiger partial charge < -0.3 is 4.74 Å². The van der Waals surface area contributed by atoms with Crippen molar-refractivity contribution < 1.29 is 14.3 Å². The highest BCUT2D eigenvalue weighted by atomic mass is 16.5. The van der Waals surface area contributed by atoms with E-state index >= 15 is 0 Å². The fraction of sp³-hybridized carbons (Fsp3) is 0.231. The highest BCUT2D eigenvalue weighted by Gasteiger charge is 2.51. The van der Waals surface area contributed by atoms with Crippen LogP contribution in [-0.4, -0.2) is 24.4 Å². The summed E-state index contributed by atoms with van der Waals surface area (Å²) in [4.78, 5) is 26.7. The molecule has 3 aromatic rings. The van der Waals surface area contributed by atoms with E-state index in [2.05, 4.69) is 5.32 Å². The second-order valence-electron chi connectivity index (χ2n) is 7.48. The summed E-state index contributed by atoms with van der Waals surface area (Å²) in [5.74, 6) is -1.07. The van der Waals surface area contributed by atoms with Crippen molar-refractivity contribution in [1.29, 1.82) is 0 Å². The van der Waals surface area contributed by atoms with Gasteiger partial charge in [-0.1, -0.05) is 91.0 Å². The molecule has 30 heavy (non-hydrogen) atoms. The third-order valence-corrected chi connectivity index (χ3v) is 5.71. The van der Waals surface area contributed by atoms with Gasteiger partial charge in [-0.3, -0.25) is 14.9 Å². The van der Waals surface area contributed by atoms with Gasteiger partial charge in [0.25, 0.3) is 0 Å². The molecule has 4 rings (SSSR count). The predicted molar refractivity (Wildman–Crippen MR) is 116 cm³/mol. The molecule has 1 aliphatic rings. The van der Waals surface area contributed by atoms with Crippen molar-refractivity contribution >= 4 is 11.8 Å². The maximum Gasteiger partial charge on any atom is 0.323 e. The van der Waals surface area contributed by atoms with E-state index in [1.807, 2.05) is 91.0 Å². The molecule has 1 N–H and O–H groups in total. The van der Waals surface area contributed by atoms with Crippen LogP contribution >= 0.6 is 0 Å². The van der Waals surface area contributed by atoms with E-state index in [9.17, 15) is 9.59 Å². The normalized spacial score (nSPS) is 23.1. The number of hydrogen-bond acceptors (Lipinski definition) is 4. The Hall–Kier alpha value is -3.24. The van der Waals surface area contributed by atoms with Gasteiger partial charge in [-0.25, -0.2) is 0 Å². The fourth-order valence-electron chi connectivity index (χ4n) is 4.41. The Labute approximate surface area is 176 Å². The fourth-order valence-corrected chi connectivity index (χ4v) is 4.41. The van der Waals surface area contributed by atoms with Crippen LogP contribution in [0.1, 0.15) is 40.4 Å². The summed E-state index contributed by atoms with van der Waals surface area (Å²) in [5.41, 5.74) is 2.59. The van der Waals surface area contributed by atoms with E-state index in [0.717, 1.165) is 11.1 Å². The second kappa shape index (κ2) is 9.06. The first kappa shape index (κ1) is 20.0. The van der Waals surface area contributed by atoms with Crippen molar-refractivity contribution in [2.24, 2.45) is 5.92 Å². The zero-order valence-electron chi connectivity index (χ0n) is 16.9. The first-order valence-electron chi connectivity index (χ1n) is 10.3. The van der Waals surface area contributed by atoms with Crippen molar-refractivity contribution in [1.82, 2.24) is 5.32 Å². The molecule has 0 aliphatic carbocycles. The lowest BCUT2D eigenvalue weighted by atomic mass is 9.76. The second-order valence-corrected chi connectivity index (χ2v) is 7.48. The molecule has 0 saturated carbocycles. The summed E-state index contributed by atoms with van der Waals surface area (Å²) in [5, 5.41) is 3.45. The molecule has 3 aromatic carbocycles. The number of Topliss-reactive ketones (excluding diaryl/α,β-unsaturated/α-hetero) is 1. The van der Waals surface area contributed by atoms with E-state index in [4.69, 9.17) is 4.74 Å². The van der Waals surface area contributed by atoms with E-state index < -0.39 is 12.0 Å². The van der Waals surface area contributed by atoms with Crippen molar-refractivity contribution in [3.63, 3.8) is 0 Å². The van der Waals surface area contributed by atoms with Crippen LogP contribution in [0.2, 0.25) is 0 Å². The topological polar surface area (TPSA) is 55.4 Å². The first-order chi connectivity index (χ1) is 14.7. The number of esters is 1. The van der Waals surface area contributed by atoms with Crippen LogP contribution < -0.4 is 5.32 Å². The highest BCUT2D eigenvalue weighted by Crippen LogP contribution is 2.45. The molecule has 4 nitrogen and oxygen atoms in total. The maximum absolute atomic E-state index is 13.7. The van der Waals surface area contributed by atoms with Gasteiger partial charge in [0.05, 0.1) is 12.5 Å². The molecule has 4 heteroatoms. The van der Waals surface area contributed by atoms with Crippen LogP contribution in [0.25, 0.3) is 0 Å². The summed E-state index contributed by atoms with van der Waals surface area (Å²) in [6.07, 6.45) is 0. The molecular weight excluding hydrogens is 374 g/mol. The maximum atomic E-state index is 13.7.